The molecule has 1 amide bonds. The van der Waals surface area contributed by atoms with Crippen LogP contribution in [-0.4, -0.2) is 15.3 Å². The van der Waals surface area contributed by atoms with Gasteiger partial charge in [-0.25, -0.2) is 4.98 Å². The molecule has 1 aromatic heterocycles. The summed E-state index contributed by atoms with van der Waals surface area (Å²) in [7, 11) is 0. The monoisotopic (exact) mass is 248 g/mol. The number of aromatic nitrogens is 2. The van der Waals surface area contributed by atoms with E-state index in [0.29, 0.717) is 11.0 Å². The normalized spacial score (nSPS) is 12.1. The Labute approximate surface area is 103 Å². The van der Waals surface area contributed by atoms with E-state index in [2.05, 4.69) is 14.7 Å². The number of nitrogens with zero attached hydrogens (tertiary/aromatic N) is 2. The van der Waals surface area contributed by atoms with Crippen LogP contribution in [0.4, 0.5) is 5.13 Å². The second kappa shape index (κ2) is 5.03. The van der Waals surface area contributed by atoms with E-state index < -0.39 is 6.04 Å². The van der Waals surface area contributed by atoms with Gasteiger partial charge in [-0.1, -0.05) is 30.3 Å². The van der Waals surface area contributed by atoms with E-state index in [4.69, 9.17) is 5.73 Å². The third-order valence-corrected chi connectivity index (χ3v) is 2.92. The second-order valence-electron chi connectivity index (χ2n) is 3.52. The van der Waals surface area contributed by atoms with Crippen molar-refractivity contribution in [3.05, 3.63) is 41.7 Å². The number of rotatable bonds is 3. The number of anilines is 1. The van der Waals surface area contributed by atoms with Gasteiger partial charge in [-0.2, -0.15) is 4.37 Å². The van der Waals surface area contributed by atoms with E-state index in [-0.39, 0.29) is 5.91 Å². The van der Waals surface area contributed by atoms with Gasteiger partial charge in [0.05, 0.1) is 0 Å². The van der Waals surface area contributed by atoms with Gasteiger partial charge in [-0.05, 0) is 12.5 Å². The highest BCUT2D eigenvalue weighted by molar-refractivity contribution is 7.09. The van der Waals surface area contributed by atoms with Gasteiger partial charge >= 0.3 is 0 Å². The fourth-order valence-electron chi connectivity index (χ4n) is 1.34. The molecule has 3 N–H and O–H groups in total. The molecule has 1 atom stereocenters. The van der Waals surface area contributed by atoms with Crippen LogP contribution in [0, 0.1) is 6.92 Å². The molecule has 1 heterocycles. The Morgan fingerprint density at radius 3 is 2.71 bits per heavy atom. The first-order chi connectivity index (χ1) is 8.16. The summed E-state index contributed by atoms with van der Waals surface area (Å²) in [5.74, 6) is 0.353. The van der Waals surface area contributed by atoms with Crippen molar-refractivity contribution in [1.29, 1.82) is 0 Å². The van der Waals surface area contributed by atoms with E-state index in [9.17, 15) is 4.79 Å². The SMILES string of the molecule is Cc1nsc(NC(=O)[C@H](N)c2ccccc2)n1. The summed E-state index contributed by atoms with van der Waals surface area (Å²) in [5, 5.41) is 3.11. The lowest BCUT2D eigenvalue weighted by atomic mass is 10.1. The number of carbonyl (C=O) groups excluding carboxylic acids is 1. The Kier molecular flexibility index (Phi) is 3.46. The van der Waals surface area contributed by atoms with Crippen LogP contribution in [0.5, 0.6) is 0 Å². The Bertz CT molecular complexity index is 511. The Balaban J connectivity index is 2.06. The molecule has 2 rings (SSSR count). The molecule has 0 saturated carbocycles. The minimum atomic E-state index is -0.694. The molecule has 0 radical (unpaired) electrons. The molecule has 0 spiro atoms. The quantitative estimate of drug-likeness (QED) is 0.862. The third kappa shape index (κ3) is 2.86. The Morgan fingerprint density at radius 2 is 2.12 bits per heavy atom. The fourth-order valence-corrected chi connectivity index (χ4v) is 1.92. The molecule has 5 nitrogen and oxygen atoms in total. The molecule has 0 aliphatic carbocycles. The number of nitrogens with one attached hydrogen (secondary N) is 1. The van der Waals surface area contributed by atoms with Crippen molar-refractivity contribution in [2.24, 2.45) is 5.73 Å². The van der Waals surface area contributed by atoms with Gasteiger partial charge in [-0.15, -0.1) is 0 Å². The molecule has 17 heavy (non-hydrogen) atoms. The zero-order valence-corrected chi connectivity index (χ0v) is 10.1. The summed E-state index contributed by atoms with van der Waals surface area (Å²) in [6, 6.07) is 8.50. The van der Waals surface area contributed by atoms with Crippen molar-refractivity contribution in [2.45, 2.75) is 13.0 Å². The maximum absolute atomic E-state index is 11.8. The van der Waals surface area contributed by atoms with E-state index in [1.165, 1.54) is 0 Å². The summed E-state index contributed by atoms with van der Waals surface area (Å²) in [6.45, 7) is 1.77. The van der Waals surface area contributed by atoms with Crippen LogP contribution in [0.15, 0.2) is 30.3 Å². The first kappa shape index (κ1) is 11.7. The number of hydrogen-bond acceptors (Lipinski definition) is 5. The number of amides is 1. The maximum atomic E-state index is 11.8. The largest absolute Gasteiger partial charge is 0.316 e. The van der Waals surface area contributed by atoms with Gasteiger partial charge in [0.2, 0.25) is 11.0 Å². The highest BCUT2D eigenvalue weighted by Crippen LogP contribution is 2.15. The molecule has 0 aliphatic heterocycles. The molecular weight excluding hydrogens is 236 g/mol. The van der Waals surface area contributed by atoms with Gasteiger partial charge in [0.1, 0.15) is 11.9 Å². The summed E-state index contributed by atoms with van der Waals surface area (Å²) in [5.41, 5.74) is 6.61. The fraction of sp³-hybridized carbons (Fsp3) is 0.182. The second-order valence-corrected chi connectivity index (χ2v) is 4.28. The van der Waals surface area contributed by atoms with Crippen LogP contribution in [0.1, 0.15) is 17.4 Å². The van der Waals surface area contributed by atoms with Crippen LogP contribution >= 0.6 is 11.5 Å². The maximum Gasteiger partial charge on any atom is 0.247 e. The number of carbonyl (C=O) groups is 1. The molecule has 2 aromatic rings. The van der Waals surface area contributed by atoms with Gasteiger partial charge in [0.25, 0.3) is 0 Å². The highest BCUT2D eigenvalue weighted by atomic mass is 32.1. The molecule has 0 aliphatic rings. The molecule has 1 aromatic carbocycles. The molecular formula is C11H12N4OS. The minimum absolute atomic E-state index is 0.285. The molecule has 88 valence electrons. The lowest BCUT2D eigenvalue weighted by molar-refractivity contribution is -0.117. The van der Waals surface area contributed by atoms with Gasteiger partial charge < -0.3 is 5.73 Å². The standard InChI is InChI=1S/C11H12N4OS/c1-7-13-11(17-15-7)14-10(16)9(12)8-5-3-2-4-6-8/h2-6,9H,12H2,1H3,(H,13,14,15,16)/t9-/m1/s1. The number of aryl methyl sites for hydroxylation is 1. The van der Waals surface area contributed by atoms with Crippen molar-refractivity contribution in [3.63, 3.8) is 0 Å². The molecule has 0 unspecified atom stereocenters. The van der Waals surface area contributed by atoms with Gasteiger partial charge in [0.15, 0.2) is 0 Å². The molecule has 0 bridgehead atoms. The molecule has 6 heteroatoms. The first-order valence-electron chi connectivity index (χ1n) is 5.08. The topological polar surface area (TPSA) is 80.9 Å². The number of nitrogens with two attached hydrogens (primary N) is 1. The summed E-state index contributed by atoms with van der Waals surface area (Å²) < 4.78 is 3.98. The zero-order chi connectivity index (χ0) is 12.3. The summed E-state index contributed by atoms with van der Waals surface area (Å²) in [6.07, 6.45) is 0. The Hall–Kier alpha value is -1.79. The number of benzene rings is 1. The van der Waals surface area contributed by atoms with Crippen molar-refractivity contribution in [1.82, 2.24) is 9.36 Å². The number of hydrogen-bond donors (Lipinski definition) is 2. The lowest BCUT2D eigenvalue weighted by Gasteiger charge is -2.10. The first-order valence-corrected chi connectivity index (χ1v) is 5.86. The Morgan fingerprint density at radius 1 is 1.41 bits per heavy atom. The molecule has 0 fully saturated rings. The van der Waals surface area contributed by atoms with Crippen molar-refractivity contribution in [3.8, 4) is 0 Å². The average Bonchev–Trinajstić information content (AvgIpc) is 2.75. The van der Waals surface area contributed by atoms with E-state index in [1.54, 1.807) is 6.92 Å². The minimum Gasteiger partial charge on any atom is -0.316 e. The van der Waals surface area contributed by atoms with Crippen LogP contribution in [0.3, 0.4) is 0 Å². The van der Waals surface area contributed by atoms with Gasteiger partial charge in [0, 0.05) is 11.5 Å². The van der Waals surface area contributed by atoms with Crippen molar-refractivity contribution < 1.29 is 4.79 Å². The summed E-state index contributed by atoms with van der Waals surface area (Å²) >= 11 is 1.14. The van der Waals surface area contributed by atoms with Gasteiger partial charge in [-0.3, -0.25) is 10.1 Å². The van der Waals surface area contributed by atoms with Crippen molar-refractivity contribution in [2.75, 3.05) is 5.32 Å². The lowest BCUT2D eigenvalue weighted by Crippen LogP contribution is -2.27. The predicted molar refractivity (Wildman–Crippen MR) is 66.6 cm³/mol. The van der Waals surface area contributed by atoms with Crippen molar-refractivity contribution >= 4 is 22.6 Å². The third-order valence-electron chi connectivity index (χ3n) is 2.20. The van der Waals surface area contributed by atoms with Crippen LogP contribution in [0.25, 0.3) is 0 Å². The van der Waals surface area contributed by atoms with E-state index in [0.717, 1.165) is 17.1 Å². The summed E-state index contributed by atoms with van der Waals surface area (Å²) in [4.78, 5) is 15.9. The highest BCUT2D eigenvalue weighted by Gasteiger charge is 2.16. The van der Waals surface area contributed by atoms with E-state index in [1.807, 2.05) is 30.3 Å². The van der Waals surface area contributed by atoms with Crippen LogP contribution < -0.4 is 11.1 Å². The predicted octanol–water partition coefficient (Wildman–Crippen LogP) is 1.49. The van der Waals surface area contributed by atoms with E-state index >= 15 is 0 Å². The van der Waals surface area contributed by atoms with Crippen LogP contribution in [-0.2, 0) is 4.79 Å². The van der Waals surface area contributed by atoms with Crippen LogP contribution in [0.2, 0.25) is 0 Å². The zero-order valence-electron chi connectivity index (χ0n) is 9.25. The average molecular weight is 248 g/mol. The molecule has 0 saturated heterocycles. The smallest absolute Gasteiger partial charge is 0.247 e.